The van der Waals surface area contributed by atoms with Crippen LogP contribution in [0.1, 0.15) is 36.6 Å². The van der Waals surface area contributed by atoms with E-state index in [1.54, 1.807) is 32.0 Å². The Morgan fingerprint density at radius 2 is 2.04 bits per heavy atom. The largest absolute Gasteiger partial charge is 0.485 e. The first-order valence-corrected chi connectivity index (χ1v) is 7.48. The fraction of sp³-hybridized carbons (Fsp3) is 0.353. The van der Waals surface area contributed by atoms with Crippen molar-refractivity contribution in [1.29, 1.82) is 5.26 Å². The molecule has 24 heavy (non-hydrogen) atoms. The smallest absolute Gasteiger partial charge is 0.268 e. The number of nitriles is 1. The van der Waals surface area contributed by atoms with Gasteiger partial charge in [-0.25, -0.2) is 4.68 Å². The van der Waals surface area contributed by atoms with Gasteiger partial charge in [-0.15, -0.1) is 0 Å². The molecule has 2 aromatic rings. The van der Waals surface area contributed by atoms with Gasteiger partial charge in [0.25, 0.3) is 11.1 Å². The van der Waals surface area contributed by atoms with Gasteiger partial charge < -0.3 is 9.84 Å². The zero-order valence-electron chi connectivity index (χ0n) is 13.5. The molecule has 1 aliphatic heterocycles. The van der Waals surface area contributed by atoms with E-state index >= 15 is 0 Å². The summed E-state index contributed by atoms with van der Waals surface area (Å²) in [5, 5.41) is 22.4. The summed E-state index contributed by atoms with van der Waals surface area (Å²) in [6.07, 6.45) is -1.10. The lowest BCUT2D eigenvalue weighted by Gasteiger charge is -2.42. The lowest BCUT2D eigenvalue weighted by atomic mass is 9.86. The van der Waals surface area contributed by atoms with Crippen LogP contribution in [-0.2, 0) is 0 Å². The quantitative estimate of drug-likeness (QED) is 0.807. The van der Waals surface area contributed by atoms with Crippen molar-refractivity contribution >= 4 is 0 Å². The predicted octanol–water partition coefficient (Wildman–Crippen LogP) is 0.838. The van der Waals surface area contributed by atoms with Gasteiger partial charge in [0, 0.05) is 17.2 Å². The number of aromatic amines is 1. The van der Waals surface area contributed by atoms with Gasteiger partial charge in [0.15, 0.2) is 0 Å². The maximum absolute atomic E-state index is 12.5. The molecular weight excluding hydrogens is 310 g/mol. The minimum Gasteiger partial charge on any atom is -0.485 e. The number of ether oxygens (including phenoxy) is 1. The van der Waals surface area contributed by atoms with Crippen molar-refractivity contribution in [2.24, 2.45) is 0 Å². The van der Waals surface area contributed by atoms with E-state index in [0.717, 1.165) is 4.68 Å². The van der Waals surface area contributed by atoms with Gasteiger partial charge in [0.2, 0.25) is 0 Å². The molecule has 0 spiro atoms. The zero-order valence-corrected chi connectivity index (χ0v) is 13.5. The average Bonchev–Trinajstić information content (AvgIpc) is 2.52. The molecule has 0 saturated carbocycles. The molecule has 1 aliphatic rings. The molecule has 0 fully saturated rings. The molecule has 3 rings (SSSR count). The van der Waals surface area contributed by atoms with Gasteiger partial charge >= 0.3 is 0 Å². The number of nitrogens with one attached hydrogen (secondary N) is 1. The highest BCUT2D eigenvalue weighted by Gasteiger charge is 2.44. The van der Waals surface area contributed by atoms with Crippen molar-refractivity contribution in [2.45, 2.75) is 38.5 Å². The third-order valence-corrected chi connectivity index (χ3v) is 4.25. The minimum atomic E-state index is -1.10. The van der Waals surface area contributed by atoms with E-state index in [9.17, 15) is 14.7 Å². The lowest BCUT2D eigenvalue weighted by molar-refractivity contribution is -0.0668. The maximum atomic E-state index is 12.5. The van der Waals surface area contributed by atoms with Crippen LogP contribution in [0, 0.1) is 18.3 Å². The fourth-order valence-corrected chi connectivity index (χ4v) is 2.96. The summed E-state index contributed by atoms with van der Waals surface area (Å²) in [7, 11) is 0. The highest BCUT2D eigenvalue weighted by molar-refractivity contribution is 5.46. The Morgan fingerprint density at radius 3 is 2.71 bits per heavy atom. The van der Waals surface area contributed by atoms with E-state index in [4.69, 9.17) is 10.00 Å². The Bertz CT molecular complexity index is 965. The highest BCUT2D eigenvalue weighted by Crippen LogP contribution is 2.41. The van der Waals surface area contributed by atoms with Crippen LogP contribution in [0.5, 0.6) is 5.75 Å². The number of aryl methyl sites for hydroxylation is 1. The number of fused-ring (bicyclic) bond motifs is 1. The van der Waals surface area contributed by atoms with Gasteiger partial charge in [-0.2, -0.15) is 5.26 Å². The van der Waals surface area contributed by atoms with Crippen LogP contribution in [0.25, 0.3) is 0 Å². The predicted molar refractivity (Wildman–Crippen MR) is 86.1 cm³/mol. The fourth-order valence-electron chi connectivity index (χ4n) is 2.96. The highest BCUT2D eigenvalue weighted by atomic mass is 16.5. The second-order valence-electron chi connectivity index (χ2n) is 6.44. The van der Waals surface area contributed by atoms with Crippen molar-refractivity contribution in [3.8, 4) is 11.8 Å². The number of nitrogens with zero attached hydrogens (tertiary/aromatic N) is 2. The Labute approximate surface area is 137 Å². The van der Waals surface area contributed by atoms with Crippen LogP contribution in [0.15, 0.2) is 33.9 Å². The Hall–Kier alpha value is -2.85. The van der Waals surface area contributed by atoms with Crippen LogP contribution in [0.4, 0.5) is 0 Å². The van der Waals surface area contributed by atoms with Gasteiger partial charge in [-0.3, -0.25) is 14.7 Å². The van der Waals surface area contributed by atoms with E-state index in [2.05, 4.69) is 5.10 Å². The number of aliphatic hydroxyl groups excluding tert-OH is 1. The van der Waals surface area contributed by atoms with Gasteiger partial charge in [0.05, 0.1) is 11.6 Å². The van der Waals surface area contributed by atoms with Crippen molar-refractivity contribution in [2.75, 3.05) is 0 Å². The van der Waals surface area contributed by atoms with Gasteiger partial charge in [0.1, 0.15) is 23.5 Å². The number of aliphatic hydroxyl groups is 1. The molecule has 1 aromatic heterocycles. The van der Waals surface area contributed by atoms with Gasteiger partial charge in [-0.1, -0.05) is 0 Å². The molecule has 0 amide bonds. The molecule has 2 atom stereocenters. The standard InChI is InChI=1S/C17H17N3O4/c1-9-6-13(21)19-20(16(9)23)14-11-7-10(8-18)4-5-12(11)24-17(2,3)15(14)22/h4-7,14-15,22H,1-3H3,(H,19,21)/t14-,15+/m0/s1. The number of H-pyrrole nitrogens is 1. The Kier molecular flexibility index (Phi) is 3.57. The van der Waals surface area contributed by atoms with Crippen LogP contribution in [-0.4, -0.2) is 26.6 Å². The molecule has 0 saturated heterocycles. The molecule has 2 heterocycles. The molecule has 2 N–H and O–H groups in total. The molecule has 7 heteroatoms. The van der Waals surface area contributed by atoms with E-state index in [0.29, 0.717) is 16.9 Å². The molecule has 0 unspecified atom stereocenters. The second-order valence-corrected chi connectivity index (χ2v) is 6.44. The van der Waals surface area contributed by atoms with Crippen LogP contribution >= 0.6 is 0 Å². The number of hydrogen-bond donors (Lipinski definition) is 2. The van der Waals surface area contributed by atoms with Crippen LogP contribution in [0.3, 0.4) is 0 Å². The average molecular weight is 327 g/mol. The Balaban J connectivity index is 2.33. The summed E-state index contributed by atoms with van der Waals surface area (Å²) in [5.41, 5.74) is -0.715. The summed E-state index contributed by atoms with van der Waals surface area (Å²) in [4.78, 5) is 24.3. The number of hydrogen-bond acceptors (Lipinski definition) is 5. The normalized spacial score (nSPS) is 21.5. The first-order chi connectivity index (χ1) is 11.2. The first-order valence-electron chi connectivity index (χ1n) is 7.48. The van der Waals surface area contributed by atoms with E-state index in [-0.39, 0.29) is 5.56 Å². The molecular formula is C17H17N3O4. The number of benzene rings is 1. The molecule has 0 bridgehead atoms. The van der Waals surface area contributed by atoms with E-state index in [1.165, 1.54) is 13.0 Å². The summed E-state index contributed by atoms with van der Waals surface area (Å²) in [5.74, 6) is 0.462. The summed E-state index contributed by atoms with van der Waals surface area (Å²) in [6.45, 7) is 4.94. The molecule has 124 valence electrons. The number of aromatic nitrogens is 2. The van der Waals surface area contributed by atoms with E-state index < -0.39 is 28.9 Å². The third-order valence-electron chi connectivity index (χ3n) is 4.25. The first kappa shape index (κ1) is 16.0. The van der Waals surface area contributed by atoms with Crippen LogP contribution in [0.2, 0.25) is 0 Å². The molecule has 0 aliphatic carbocycles. The van der Waals surface area contributed by atoms with Crippen molar-refractivity contribution in [1.82, 2.24) is 9.78 Å². The summed E-state index contributed by atoms with van der Waals surface area (Å²) in [6, 6.07) is 7.17. The topological polar surface area (TPSA) is 108 Å². The third kappa shape index (κ3) is 2.41. The maximum Gasteiger partial charge on any atom is 0.268 e. The molecule has 0 radical (unpaired) electrons. The SMILES string of the molecule is Cc1cc(=O)[nH]n([C@H]2c3cc(C#N)ccc3OC(C)(C)[C@@H]2O)c1=O. The van der Waals surface area contributed by atoms with Crippen molar-refractivity contribution < 1.29 is 9.84 Å². The number of rotatable bonds is 1. The van der Waals surface area contributed by atoms with Crippen molar-refractivity contribution in [3.05, 3.63) is 61.7 Å². The van der Waals surface area contributed by atoms with Crippen LogP contribution < -0.4 is 15.9 Å². The lowest BCUT2D eigenvalue weighted by Crippen LogP contribution is -2.53. The molecule has 7 nitrogen and oxygen atoms in total. The van der Waals surface area contributed by atoms with Gasteiger partial charge in [-0.05, 0) is 39.0 Å². The monoisotopic (exact) mass is 327 g/mol. The second kappa shape index (κ2) is 5.35. The summed E-state index contributed by atoms with van der Waals surface area (Å²) >= 11 is 0. The molecule has 1 aromatic carbocycles. The Morgan fingerprint density at radius 1 is 1.33 bits per heavy atom. The van der Waals surface area contributed by atoms with E-state index in [1.807, 2.05) is 6.07 Å². The zero-order chi connectivity index (χ0) is 17.6. The summed E-state index contributed by atoms with van der Waals surface area (Å²) < 4.78 is 6.93. The van der Waals surface area contributed by atoms with Crippen molar-refractivity contribution in [3.63, 3.8) is 0 Å². The minimum absolute atomic E-state index is 0.272.